The molecule has 2 heterocycles. The zero-order valence-electron chi connectivity index (χ0n) is 13.9. The molecule has 0 saturated heterocycles. The number of imidazole rings is 1. The molecule has 1 atom stereocenters. The second-order valence-corrected chi connectivity index (χ2v) is 6.89. The van der Waals surface area contributed by atoms with Crippen molar-refractivity contribution >= 4 is 0 Å². The van der Waals surface area contributed by atoms with Crippen LogP contribution in [-0.4, -0.2) is 27.5 Å². The number of hydrogen-bond donors (Lipinski definition) is 0. The quantitative estimate of drug-likeness (QED) is 0.804. The molecule has 23 heavy (non-hydrogen) atoms. The molecule has 1 aliphatic heterocycles. The number of benzene rings is 1. The molecule has 3 heteroatoms. The van der Waals surface area contributed by atoms with Gasteiger partial charge in [-0.2, -0.15) is 0 Å². The monoisotopic (exact) mass is 307 g/mol. The molecule has 0 fully saturated rings. The lowest BCUT2D eigenvalue weighted by molar-refractivity contribution is 0.201. The van der Waals surface area contributed by atoms with E-state index >= 15 is 0 Å². The van der Waals surface area contributed by atoms with Crippen LogP contribution in [0.3, 0.4) is 0 Å². The third-order valence-electron chi connectivity index (χ3n) is 5.26. The van der Waals surface area contributed by atoms with Gasteiger partial charge in [-0.25, -0.2) is 4.98 Å². The molecule has 1 aromatic carbocycles. The molecule has 3 nitrogen and oxygen atoms in total. The molecule has 0 amide bonds. The largest absolute Gasteiger partial charge is 0.330 e. The van der Waals surface area contributed by atoms with Crippen LogP contribution in [0.15, 0.2) is 42.5 Å². The first-order valence-electron chi connectivity index (χ1n) is 8.78. The molecule has 1 aliphatic carbocycles. The summed E-state index contributed by atoms with van der Waals surface area (Å²) >= 11 is 0. The third-order valence-corrected chi connectivity index (χ3v) is 5.26. The first-order chi connectivity index (χ1) is 11.3. The maximum absolute atomic E-state index is 4.93. The van der Waals surface area contributed by atoms with E-state index in [0.29, 0.717) is 0 Å². The highest BCUT2D eigenvalue weighted by molar-refractivity contribution is 5.56. The third kappa shape index (κ3) is 2.98. The second kappa shape index (κ2) is 6.32. The van der Waals surface area contributed by atoms with Crippen LogP contribution in [-0.2, 0) is 20.0 Å². The average molecular weight is 307 g/mol. The lowest BCUT2D eigenvalue weighted by Crippen LogP contribution is -2.35. The van der Waals surface area contributed by atoms with E-state index in [0.717, 1.165) is 31.3 Å². The van der Waals surface area contributed by atoms with Gasteiger partial charge >= 0.3 is 0 Å². The van der Waals surface area contributed by atoms with E-state index in [2.05, 4.69) is 59.0 Å². The fourth-order valence-electron chi connectivity index (χ4n) is 3.93. The van der Waals surface area contributed by atoms with Crippen LogP contribution in [0.4, 0.5) is 0 Å². The van der Waals surface area contributed by atoms with Gasteiger partial charge in [-0.3, -0.25) is 4.90 Å². The molecule has 2 aliphatic rings. The molecule has 2 aromatic rings. The molecule has 1 unspecified atom stereocenters. The van der Waals surface area contributed by atoms with Crippen LogP contribution >= 0.6 is 0 Å². The first-order valence-corrected chi connectivity index (χ1v) is 8.78. The summed E-state index contributed by atoms with van der Waals surface area (Å²) in [5, 5.41) is 0. The fraction of sp³-hybridized carbons (Fsp3) is 0.450. The summed E-state index contributed by atoms with van der Waals surface area (Å²) in [6.07, 6.45) is 9.63. The molecule has 0 saturated carbocycles. The van der Waals surface area contributed by atoms with Crippen LogP contribution in [0, 0.1) is 5.92 Å². The Kier molecular flexibility index (Phi) is 4.04. The molecule has 1 aromatic heterocycles. The van der Waals surface area contributed by atoms with Crippen molar-refractivity contribution in [2.24, 2.45) is 13.0 Å². The van der Waals surface area contributed by atoms with E-state index in [1.165, 1.54) is 42.8 Å². The number of allylic oxidation sites excluding steroid dienone is 2. The van der Waals surface area contributed by atoms with Crippen molar-refractivity contribution in [1.29, 1.82) is 0 Å². The number of fused-ring (bicyclic) bond motifs is 1. The van der Waals surface area contributed by atoms with E-state index < -0.39 is 0 Å². The Bertz CT molecular complexity index is 699. The number of hydrogen-bond acceptors (Lipinski definition) is 2. The minimum atomic E-state index is 0.836. The van der Waals surface area contributed by atoms with Gasteiger partial charge in [0.05, 0.1) is 11.4 Å². The summed E-state index contributed by atoms with van der Waals surface area (Å²) in [6.45, 7) is 3.43. The molecule has 0 radical (unpaired) electrons. The average Bonchev–Trinajstić information content (AvgIpc) is 2.93. The van der Waals surface area contributed by atoms with Crippen molar-refractivity contribution in [2.45, 2.75) is 32.2 Å². The summed E-state index contributed by atoms with van der Waals surface area (Å²) in [4.78, 5) is 7.55. The topological polar surface area (TPSA) is 21.1 Å². The van der Waals surface area contributed by atoms with Gasteiger partial charge in [0.25, 0.3) is 0 Å². The summed E-state index contributed by atoms with van der Waals surface area (Å²) in [6, 6.07) is 10.5. The van der Waals surface area contributed by atoms with Crippen molar-refractivity contribution in [2.75, 3.05) is 13.1 Å². The van der Waals surface area contributed by atoms with Crippen molar-refractivity contribution in [1.82, 2.24) is 14.5 Å². The van der Waals surface area contributed by atoms with Crippen LogP contribution in [0.1, 0.15) is 30.7 Å². The highest BCUT2D eigenvalue weighted by Crippen LogP contribution is 2.27. The van der Waals surface area contributed by atoms with E-state index in [-0.39, 0.29) is 0 Å². The summed E-state index contributed by atoms with van der Waals surface area (Å²) in [5.41, 5.74) is 3.92. The van der Waals surface area contributed by atoms with Crippen molar-refractivity contribution in [3.05, 3.63) is 53.9 Å². The highest BCUT2D eigenvalue weighted by Gasteiger charge is 2.24. The standard InChI is InChI=1S/C20H25N3/c1-22-19-15-23(14-16-8-4-2-5-9-16)13-12-18(19)21-20(22)17-10-6-3-7-11-17/h2-4,6-7,10-11,16H,5,8-9,12-15H2,1H3. The SMILES string of the molecule is Cn1c(-c2ccccc2)nc2c1CN(CC1CC=CCC1)CC2. The Hall–Kier alpha value is -1.87. The number of aromatic nitrogens is 2. The molecular weight excluding hydrogens is 282 g/mol. The Labute approximate surface area is 138 Å². The van der Waals surface area contributed by atoms with Gasteiger partial charge < -0.3 is 4.57 Å². The summed E-state index contributed by atoms with van der Waals surface area (Å²) in [5.74, 6) is 1.95. The molecule has 0 spiro atoms. The van der Waals surface area contributed by atoms with Crippen LogP contribution in [0.2, 0.25) is 0 Å². The zero-order chi connectivity index (χ0) is 15.6. The van der Waals surface area contributed by atoms with Gasteiger partial charge in [0.2, 0.25) is 0 Å². The van der Waals surface area contributed by atoms with Crippen LogP contribution < -0.4 is 0 Å². The first kappa shape index (κ1) is 14.7. The summed E-state index contributed by atoms with van der Waals surface area (Å²) in [7, 11) is 2.17. The molecule has 4 rings (SSSR count). The lowest BCUT2D eigenvalue weighted by Gasteiger charge is -2.31. The van der Waals surface area contributed by atoms with E-state index in [9.17, 15) is 0 Å². The normalized spacial score (nSPS) is 21.3. The van der Waals surface area contributed by atoms with Gasteiger partial charge in [-0.1, -0.05) is 42.5 Å². The maximum atomic E-state index is 4.93. The summed E-state index contributed by atoms with van der Waals surface area (Å²) < 4.78 is 2.30. The predicted molar refractivity (Wildman–Crippen MR) is 94.1 cm³/mol. The predicted octanol–water partition coefficient (Wildman–Crippen LogP) is 3.80. The van der Waals surface area contributed by atoms with Crippen molar-refractivity contribution < 1.29 is 0 Å². The minimum absolute atomic E-state index is 0.836. The maximum Gasteiger partial charge on any atom is 0.140 e. The Morgan fingerprint density at radius 3 is 2.83 bits per heavy atom. The smallest absolute Gasteiger partial charge is 0.140 e. The molecule has 0 N–H and O–H groups in total. The van der Waals surface area contributed by atoms with Gasteiger partial charge in [-0.15, -0.1) is 0 Å². The van der Waals surface area contributed by atoms with Crippen molar-refractivity contribution in [3.63, 3.8) is 0 Å². The Morgan fingerprint density at radius 2 is 2.04 bits per heavy atom. The fourth-order valence-corrected chi connectivity index (χ4v) is 3.93. The lowest BCUT2D eigenvalue weighted by atomic mass is 9.93. The van der Waals surface area contributed by atoms with Crippen LogP contribution in [0.5, 0.6) is 0 Å². The van der Waals surface area contributed by atoms with Gasteiger partial charge in [0, 0.05) is 38.7 Å². The molecular formula is C20H25N3. The number of nitrogens with zero attached hydrogens (tertiary/aromatic N) is 3. The highest BCUT2D eigenvalue weighted by atomic mass is 15.2. The Balaban J connectivity index is 1.53. The van der Waals surface area contributed by atoms with Crippen LogP contribution in [0.25, 0.3) is 11.4 Å². The number of rotatable bonds is 3. The van der Waals surface area contributed by atoms with E-state index in [4.69, 9.17) is 4.98 Å². The Morgan fingerprint density at radius 1 is 1.17 bits per heavy atom. The molecule has 0 bridgehead atoms. The van der Waals surface area contributed by atoms with Gasteiger partial charge in [0.15, 0.2) is 0 Å². The van der Waals surface area contributed by atoms with E-state index in [1.807, 2.05) is 0 Å². The molecule has 120 valence electrons. The van der Waals surface area contributed by atoms with Gasteiger partial charge in [0.1, 0.15) is 5.82 Å². The second-order valence-electron chi connectivity index (χ2n) is 6.89. The van der Waals surface area contributed by atoms with E-state index in [1.54, 1.807) is 0 Å². The van der Waals surface area contributed by atoms with Crippen molar-refractivity contribution in [3.8, 4) is 11.4 Å². The van der Waals surface area contributed by atoms with Gasteiger partial charge in [-0.05, 0) is 25.2 Å². The minimum Gasteiger partial charge on any atom is -0.330 e. The zero-order valence-corrected chi connectivity index (χ0v) is 13.9.